The topological polar surface area (TPSA) is 96.9 Å². The van der Waals surface area contributed by atoms with Crippen LogP contribution in [-0.4, -0.2) is 29.6 Å². The van der Waals surface area contributed by atoms with Crippen molar-refractivity contribution in [1.29, 1.82) is 0 Å². The van der Waals surface area contributed by atoms with Crippen LogP contribution in [0.25, 0.3) is 6.08 Å². The van der Waals surface area contributed by atoms with Gasteiger partial charge < -0.3 is 25.2 Å². The standard InChI is InChI=1S/C27H25BrN2O5S/c1-3-16-6-10-20(11-7-16)29-27-30-25(31)23(36-27)14-18-12-21(28)24(22(13-18)34-2)35-15-17-4-8-19(9-5-17)26(32)33/h4-14,27,29H,3,15H2,1-2H3,(H,30,31)(H,32,33)/b23-14-. The van der Waals surface area contributed by atoms with Crippen molar-refractivity contribution in [2.75, 3.05) is 12.4 Å². The van der Waals surface area contributed by atoms with E-state index in [1.54, 1.807) is 25.3 Å². The van der Waals surface area contributed by atoms with E-state index >= 15 is 0 Å². The first-order valence-electron chi connectivity index (χ1n) is 11.2. The summed E-state index contributed by atoms with van der Waals surface area (Å²) in [5.41, 5.74) is 3.75. The van der Waals surface area contributed by atoms with Gasteiger partial charge in [-0.15, -0.1) is 0 Å². The second-order valence-electron chi connectivity index (χ2n) is 8.00. The molecule has 0 aromatic heterocycles. The Labute approximate surface area is 222 Å². The zero-order valence-corrected chi connectivity index (χ0v) is 22.1. The molecule has 3 aromatic carbocycles. The minimum atomic E-state index is -0.974. The molecule has 0 aliphatic carbocycles. The van der Waals surface area contributed by atoms with Crippen LogP contribution in [-0.2, 0) is 17.8 Å². The highest BCUT2D eigenvalue weighted by molar-refractivity contribution is 9.10. The third-order valence-electron chi connectivity index (χ3n) is 5.52. The Morgan fingerprint density at radius 1 is 1.14 bits per heavy atom. The minimum absolute atomic E-state index is 0.150. The summed E-state index contributed by atoms with van der Waals surface area (Å²) in [6.45, 7) is 2.35. The van der Waals surface area contributed by atoms with Crippen molar-refractivity contribution in [3.63, 3.8) is 0 Å². The number of carbonyl (C=O) groups is 2. The van der Waals surface area contributed by atoms with Crippen LogP contribution in [0.15, 0.2) is 70.0 Å². The largest absolute Gasteiger partial charge is 0.493 e. The third-order valence-corrected chi connectivity index (χ3v) is 7.14. The summed E-state index contributed by atoms with van der Waals surface area (Å²) in [4.78, 5) is 24.2. The van der Waals surface area contributed by atoms with Crippen molar-refractivity contribution in [3.8, 4) is 11.5 Å². The fourth-order valence-electron chi connectivity index (χ4n) is 3.57. The number of hydrogen-bond acceptors (Lipinski definition) is 6. The number of aryl methyl sites for hydroxylation is 1. The summed E-state index contributed by atoms with van der Waals surface area (Å²) in [7, 11) is 1.55. The molecule has 1 amide bonds. The van der Waals surface area contributed by atoms with Crippen molar-refractivity contribution < 1.29 is 24.2 Å². The Hall–Kier alpha value is -3.43. The molecule has 9 heteroatoms. The van der Waals surface area contributed by atoms with Crippen molar-refractivity contribution in [2.24, 2.45) is 0 Å². The van der Waals surface area contributed by atoms with Gasteiger partial charge in [-0.3, -0.25) is 4.79 Å². The smallest absolute Gasteiger partial charge is 0.335 e. The van der Waals surface area contributed by atoms with Gasteiger partial charge in [0, 0.05) is 5.69 Å². The number of ether oxygens (including phenoxy) is 2. The van der Waals surface area contributed by atoms with Crippen LogP contribution in [0.2, 0.25) is 0 Å². The van der Waals surface area contributed by atoms with E-state index in [0.29, 0.717) is 20.9 Å². The molecule has 36 heavy (non-hydrogen) atoms. The molecule has 0 bridgehead atoms. The van der Waals surface area contributed by atoms with Gasteiger partial charge in [0.25, 0.3) is 5.91 Å². The number of carboxylic acid groups (broad SMARTS) is 1. The maximum Gasteiger partial charge on any atom is 0.335 e. The number of aromatic carboxylic acids is 1. The molecule has 1 aliphatic rings. The van der Waals surface area contributed by atoms with Crippen LogP contribution in [0.1, 0.15) is 34.0 Å². The number of halogens is 1. The number of rotatable bonds is 9. The predicted molar refractivity (Wildman–Crippen MR) is 145 cm³/mol. The van der Waals surface area contributed by atoms with Gasteiger partial charge in [0.1, 0.15) is 6.61 Å². The first-order valence-corrected chi connectivity index (χ1v) is 12.9. The zero-order valence-electron chi connectivity index (χ0n) is 19.7. The summed E-state index contributed by atoms with van der Waals surface area (Å²) >= 11 is 4.96. The van der Waals surface area contributed by atoms with E-state index in [1.807, 2.05) is 24.3 Å². The Morgan fingerprint density at radius 3 is 2.47 bits per heavy atom. The van der Waals surface area contributed by atoms with Gasteiger partial charge in [-0.25, -0.2) is 4.79 Å². The molecule has 7 nitrogen and oxygen atoms in total. The molecule has 186 valence electrons. The van der Waals surface area contributed by atoms with E-state index in [2.05, 4.69) is 45.6 Å². The second-order valence-corrected chi connectivity index (χ2v) is 10.0. The van der Waals surface area contributed by atoms with Gasteiger partial charge in [-0.05, 0) is 81.5 Å². The average Bonchev–Trinajstić information content (AvgIpc) is 3.21. The van der Waals surface area contributed by atoms with Crippen molar-refractivity contribution in [1.82, 2.24) is 5.32 Å². The van der Waals surface area contributed by atoms with Crippen molar-refractivity contribution in [2.45, 2.75) is 25.4 Å². The van der Waals surface area contributed by atoms with Crippen LogP contribution < -0.4 is 20.1 Å². The monoisotopic (exact) mass is 568 g/mol. The number of carbonyl (C=O) groups excluding carboxylic acids is 1. The van der Waals surface area contributed by atoms with Crippen LogP contribution in [0.3, 0.4) is 0 Å². The number of hydrogen-bond donors (Lipinski definition) is 3. The SMILES string of the molecule is CCc1ccc(NC2NC(=O)/C(=C/c3cc(Br)c(OCc4ccc(C(=O)O)cc4)c(OC)c3)S2)cc1. The third kappa shape index (κ3) is 6.22. The molecule has 3 aromatic rings. The number of nitrogens with one attached hydrogen (secondary N) is 2. The van der Waals surface area contributed by atoms with E-state index in [0.717, 1.165) is 23.2 Å². The molecule has 1 saturated heterocycles. The number of methoxy groups -OCH3 is 1. The molecule has 1 fully saturated rings. The lowest BCUT2D eigenvalue weighted by Crippen LogP contribution is -2.30. The predicted octanol–water partition coefficient (Wildman–Crippen LogP) is 5.90. The molecule has 4 rings (SSSR count). The molecule has 0 spiro atoms. The van der Waals surface area contributed by atoms with Crippen LogP contribution in [0.4, 0.5) is 5.69 Å². The van der Waals surface area contributed by atoms with Gasteiger partial charge >= 0.3 is 5.97 Å². The molecular weight excluding hydrogens is 544 g/mol. The Bertz CT molecular complexity index is 1290. The molecule has 1 unspecified atom stereocenters. The summed E-state index contributed by atoms with van der Waals surface area (Å²) < 4.78 is 12.2. The van der Waals surface area contributed by atoms with Gasteiger partial charge in [-0.2, -0.15) is 0 Å². The Balaban J connectivity index is 1.45. The van der Waals surface area contributed by atoms with Crippen LogP contribution >= 0.6 is 27.7 Å². The Morgan fingerprint density at radius 2 is 1.83 bits per heavy atom. The van der Waals surface area contributed by atoms with E-state index in [-0.39, 0.29) is 23.6 Å². The highest BCUT2D eigenvalue weighted by Crippen LogP contribution is 2.39. The summed E-state index contributed by atoms with van der Waals surface area (Å²) in [6, 6.07) is 18.3. The van der Waals surface area contributed by atoms with E-state index in [4.69, 9.17) is 14.6 Å². The van der Waals surface area contributed by atoms with Crippen LogP contribution in [0.5, 0.6) is 11.5 Å². The maximum atomic E-state index is 12.6. The quantitative estimate of drug-likeness (QED) is 0.276. The van der Waals surface area contributed by atoms with Gasteiger partial charge in [0.05, 0.1) is 22.1 Å². The first kappa shape index (κ1) is 25.7. The molecule has 0 radical (unpaired) electrons. The maximum absolute atomic E-state index is 12.6. The van der Waals surface area contributed by atoms with E-state index < -0.39 is 5.97 Å². The van der Waals surface area contributed by atoms with Gasteiger partial charge in [0.2, 0.25) is 0 Å². The fourth-order valence-corrected chi connectivity index (χ4v) is 5.13. The number of anilines is 1. The molecule has 3 N–H and O–H groups in total. The number of carboxylic acids is 1. The second kappa shape index (κ2) is 11.5. The van der Waals surface area contributed by atoms with E-state index in [9.17, 15) is 9.59 Å². The normalized spacial score (nSPS) is 16.0. The highest BCUT2D eigenvalue weighted by atomic mass is 79.9. The minimum Gasteiger partial charge on any atom is -0.493 e. The lowest BCUT2D eigenvalue weighted by molar-refractivity contribution is -0.116. The summed E-state index contributed by atoms with van der Waals surface area (Å²) in [6.07, 6.45) is 2.79. The molecule has 0 saturated carbocycles. The van der Waals surface area contributed by atoms with E-state index in [1.165, 1.54) is 29.5 Å². The lowest BCUT2D eigenvalue weighted by Gasteiger charge is -2.14. The zero-order chi connectivity index (χ0) is 25.7. The molecular formula is C27H25BrN2O5S. The molecule has 1 atom stereocenters. The number of amides is 1. The van der Waals surface area contributed by atoms with Gasteiger partial charge in [-0.1, -0.05) is 43.0 Å². The average molecular weight is 569 g/mol. The first-order chi connectivity index (χ1) is 17.4. The van der Waals surface area contributed by atoms with Gasteiger partial charge in [0.15, 0.2) is 17.0 Å². The fraction of sp³-hybridized carbons (Fsp3) is 0.185. The molecule has 1 heterocycles. The number of thioether (sulfide) groups is 1. The summed E-state index contributed by atoms with van der Waals surface area (Å²) in [5.74, 6) is -0.102. The lowest BCUT2D eigenvalue weighted by atomic mass is 10.1. The van der Waals surface area contributed by atoms with Crippen molar-refractivity contribution in [3.05, 3.63) is 92.3 Å². The Kier molecular flexibility index (Phi) is 8.22. The summed E-state index contributed by atoms with van der Waals surface area (Å²) in [5, 5.41) is 15.3. The van der Waals surface area contributed by atoms with Crippen LogP contribution in [0, 0.1) is 0 Å². The molecule has 1 aliphatic heterocycles. The number of benzene rings is 3. The highest BCUT2D eigenvalue weighted by Gasteiger charge is 2.27. The van der Waals surface area contributed by atoms with Crippen molar-refractivity contribution >= 4 is 51.3 Å².